The fourth-order valence-electron chi connectivity index (χ4n) is 2.40. The van der Waals surface area contributed by atoms with Crippen molar-refractivity contribution in [3.63, 3.8) is 0 Å². The van der Waals surface area contributed by atoms with Crippen LogP contribution in [-0.2, 0) is 9.59 Å². The third-order valence-corrected chi connectivity index (χ3v) is 3.53. The van der Waals surface area contributed by atoms with Gasteiger partial charge < -0.3 is 15.0 Å². The molecular formula is C16H21ClN2O3. The molecule has 1 atom stereocenters. The summed E-state index contributed by atoms with van der Waals surface area (Å²) in [4.78, 5) is 25.8. The molecule has 1 N–H and O–H groups in total. The van der Waals surface area contributed by atoms with Crippen LogP contribution in [0.4, 0.5) is 5.69 Å². The van der Waals surface area contributed by atoms with Gasteiger partial charge in [-0.25, -0.2) is 0 Å². The molecule has 120 valence electrons. The van der Waals surface area contributed by atoms with E-state index in [1.165, 1.54) is 0 Å². The van der Waals surface area contributed by atoms with Crippen molar-refractivity contribution in [2.45, 2.75) is 45.8 Å². The summed E-state index contributed by atoms with van der Waals surface area (Å²) in [7, 11) is 0. The lowest BCUT2D eigenvalue weighted by atomic mass is 10.1. The Balaban J connectivity index is 2.07. The van der Waals surface area contributed by atoms with E-state index in [0.29, 0.717) is 23.0 Å². The predicted octanol–water partition coefficient (Wildman–Crippen LogP) is 2.76. The van der Waals surface area contributed by atoms with Crippen LogP contribution >= 0.6 is 11.6 Å². The highest BCUT2D eigenvalue weighted by Gasteiger charge is 2.27. The summed E-state index contributed by atoms with van der Waals surface area (Å²) >= 11 is 6.01. The third-order valence-electron chi connectivity index (χ3n) is 3.30. The lowest BCUT2D eigenvalue weighted by Crippen LogP contribution is -2.42. The number of anilines is 1. The van der Waals surface area contributed by atoms with Crippen LogP contribution in [0.15, 0.2) is 18.2 Å². The van der Waals surface area contributed by atoms with Crippen LogP contribution in [0.25, 0.3) is 0 Å². The molecule has 0 fully saturated rings. The number of carbonyl (C=O) groups excluding carboxylic acids is 2. The summed E-state index contributed by atoms with van der Waals surface area (Å²) in [5.74, 6) is 0.427. The van der Waals surface area contributed by atoms with Crippen LogP contribution in [0.5, 0.6) is 5.75 Å². The van der Waals surface area contributed by atoms with Gasteiger partial charge in [0.05, 0.1) is 12.2 Å². The number of halogens is 1. The quantitative estimate of drug-likeness (QED) is 0.926. The van der Waals surface area contributed by atoms with E-state index < -0.39 is 0 Å². The molecule has 0 saturated carbocycles. The molecule has 2 amide bonds. The normalized spacial score (nSPS) is 17.0. The standard InChI is InChI=1S/C16H21ClN2O3/c1-10(2)18-15(20)6-7-16(21)19-9-11(3)22-14-5-4-12(17)8-13(14)19/h4-5,8,10-11H,6-7,9H2,1-3H3,(H,18,20)/t11-/m1/s1. The Bertz CT molecular complexity index is 575. The van der Waals surface area contributed by atoms with E-state index in [9.17, 15) is 9.59 Å². The molecule has 0 bridgehead atoms. The molecule has 1 aliphatic rings. The summed E-state index contributed by atoms with van der Waals surface area (Å²) in [5, 5.41) is 3.33. The molecule has 0 aliphatic carbocycles. The number of nitrogens with zero attached hydrogens (tertiary/aromatic N) is 1. The first-order chi connectivity index (χ1) is 10.4. The maximum atomic E-state index is 12.5. The Hall–Kier alpha value is -1.75. The van der Waals surface area contributed by atoms with Gasteiger partial charge in [-0.15, -0.1) is 0 Å². The van der Waals surface area contributed by atoms with Crippen molar-refractivity contribution in [1.82, 2.24) is 5.32 Å². The van der Waals surface area contributed by atoms with Gasteiger partial charge in [0.25, 0.3) is 0 Å². The molecule has 0 radical (unpaired) electrons. The molecule has 2 rings (SSSR count). The van der Waals surface area contributed by atoms with Crippen LogP contribution in [0.3, 0.4) is 0 Å². The second-order valence-corrected chi connectivity index (χ2v) is 6.20. The Morgan fingerprint density at radius 3 is 2.82 bits per heavy atom. The second-order valence-electron chi connectivity index (χ2n) is 5.77. The van der Waals surface area contributed by atoms with E-state index in [-0.39, 0.29) is 36.8 Å². The van der Waals surface area contributed by atoms with Gasteiger partial charge in [-0.3, -0.25) is 9.59 Å². The van der Waals surface area contributed by atoms with E-state index in [1.54, 1.807) is 23.1 Å². The van der Waals surface area contributed by atoms with Gasteiger partial charge in [0.15, 0.2) is 0 Å². The Morgan fingerprint density at radius 1 is 1.41 bits per heavy atom. The topological polar surface area (TPSA) is 58.6 Å². The maximum Gasteiger partial charge on any atom is 0.227 e. The number of hydrogen-bond donors (Lipinski definition) is 1. The predicted molar refractivity (Wildman–Crippen MR) is 86.4 cm³/mol. The molecule has 1 aromatic rings. The van der Waals surface area contributed by atoms with Gasteiger partial charge in [-0.1, -0.05) is 11.6 Å². The van der Waals surface area contributed by atoms with E-state index in [0.717, 1.165) is 0 Å². The number of fused-ring (bicyclic) bond motifs is 1. The van der Waals surface area contributed by atoms with Crippen molar-refractivity contribution >= 4 is 29.1 Å². The molecule has 0 saturated heterocycles. The zero-order valence-corrected chi connectivity index (χ0v) is 13.8. The fourth-order valence-corrected chi connectivity index (χ4v) is 2.56. The maximum absolute atomic E-state index is 12.5. The van der Waals surface area contributed by atoms with Gasteiger partial charge >= 0.3 is 0 Å². The Labute approximate surface area is 135 Å². The second kappa shape index (κ2) is 7.01. The highest BCUT2D eigenvalue weighted by molar-refractivity contribution is 6.31. The highest BCUT2D eigenvalue weighted by atomic mass is 35.5. The first kappa shape index (κ1) is 16.6. The van der Waals surface area contributed by atoms with Crippen molar-refractivity contribution in [2.75, 3.05) is 11.4 Å². The smallest absolute Gasteiger partial charge is 0.227 e. The summed E-state index contributed by atoms with van der Waals surface area (Å²) < 4.78 is 5.71. The monoisotopic (exact) mass is 324 g/mol. The van der Waals surface area contributed by atoms with Crippen LogP contribution in [0, 0.1) is 0 Å². The number of benzene rings is 1. The Morgan fingerprint density at radius 2 is 2.14 bits per heavy atom. The van der Waals surface area contributed by atoms with Crippen LogP contribution in [-0.4, -0.2) is 30.5 Å². The van der Waals surface area contributed by atoms with Crippen molar-refractivity contribution in [2.24, 2.45) is 0 Å². The number of nitrogens with one attached hydrogen (secondary N) is 1. The van der Waals surface area contributed by atoms with E-state index in [1.807, 2.05) is 20.8 Å². The largest absolute Gasteiger partial charge is 0.487 e. The van der Waals surface area contributed by atoms with Crippen LogP contribution in [0.2, 0.25) is 5.02 Å². The summed E-state index contributed by atoms with van der Waals surface area (Å²) in [5.41, 5.74) is 0.667. The van der Waals surface area contributed by atoms with Crippen molar-refractivity contribution < 1.29 is 14.3 Å². The zero-order chi connectivity index (χ0) is 16.3. The minimum absolute atomic E-state index is 0.0746. The number of ether oxygens (including phenoxy) is 1. The highest BCUT2D eigenvalue weighted by Crippen LogP contribution is 2.36. The average Bonchev–Trinajstić information content (AvgIpc) is 2.43. The first-order valence-corrected chi connectivity index (χ1v) is 7.80. The number of amides is 2. The van der Waals surface area contributed by atoms with Crippen molar-refractivity contribution in [1.29, 1.82) is 0 Å². The summed E-state index contributed by atoms with van der Waals surface area (Å²) in [6, 6.07) is 5.29. The summed E-state index contributed by atoms with van der Waals surface area (Å²) in [6.07, 6.45) is 0.248. The molecule has 6 heteroatoms. The number of rotatable bonds is 4. The number of hydrogen-bond acceptors (Lipinski definition) is 3. The van der Waals surface area contributed by atoms with Gasteiger partial charge in [-0.2, -0.15) is 0 Å². The van der Waals surface area contributed by atoms with Crippen LogP contribution in [0.1, 0.15) is 33.6 Å². The molecule has 22 heavy (non-hydrogen) atoms. The van der Waals surface area contributed by atoms with E-state index >= 15 is 0 Å². The SMILES string of the molecule is CC(C)NC(=O)CCC(=O)N1C[C@@H](C)Oc2ccc(Cl)cc21. The van der Waals surface area contributed by atoms with Gasteiger partial charge in [-0.05, 0) is 39.0 Å². The summed E-state index contributed by atoms with van der Waals surface area (Å²) in [6.45, 7) is 6.14. The fraction of sp³-hybridized carbons (Fsp3) is 0.500. The van der Waals surface area contributed by atoms with E-state index in [4.69, 9.17) is 16.3 Å². The minimum Gasteiger partial charge on any atom is -0.487 e. The molecule has 0 spiro atoms. The minimum atomic E-state index is -0.115. The molecule has 1 heterocycles. The lowest BCUT2D eigenvalue weighted by molar-refractivity contribution is -0.125. The molecular weight excluding hydrogens is 304 g/mol. The molecule has 0 aromatic heterocycles. The van der Waals surface area contributed by atoms with Gasteiger partial charge in [0.2, 0.25) is 11.8 Å². The first-order valence-electron chi connectivity index (χ1n) is 7.42. The third kappa shape index (κ3) is 4.13. The average molecular weight is 325 g/mol. The lowest BCUT2D eigenvalue weighted by Gasteiger charge is -2.33. The number of carbonyl (C=O) groups is 2. The van der Waals surface area contributed by atoms with Crippen LogP contribution < -0.4 is 15.0 Å². The van der Waals surface area contributed by atoms with Crippen molar-refractivity contribution in [3.05, 3.63) is 23.2 Å². The van der Waals surface area contributed by atoms with E-state index in [2.05, 4.69) is 5.32 Å². The Kier molecular flexibility index (Phi) is 5.29. The van der Waals surface area contributed by atoms with Gasteiger partial charge in [0, 0.05) is 23.9 Å². The molecule has 1 aliphatic heterocycles. The van der Waals surface area contributed by atoms with Gasteiger partial charge in [0.1, 0.15) is 11.9 Å². The van der Waals surface area contributed by atoms with Crippen molar-refractivity contribution in [3.8, 4) is 5.75 Å². The molecule has 0 unspecified atom stereocenters. The zero-order valence-electron chi connectivity index (χ0n) is 13.1. The molecule has 5 nitrogen and oxygen atoms in total. The molecule has 1 aromatic carbocycles.